The van der Waals surface area contributed by atoms with E-state index in [0.717, 1.165) is 5.56 Å². The summed E-state index contributed by atoms with van der Waals surface area (Å²) in [5.74, 6) is -0.103. The van der Waals surface area contributed by atoms with E-state index in [-0.39, 0.29) is 18.6 Å². The first kappa shape index (κ1) is 16.4. The lowest BCUT2D eigenvalue weighted by Gasteiger charge is -2.34. The zero-order valence-corrected chi connectivity index (χ0v) is 13.6. The molecule has 2 heterocycles. The Morgan fingerprint density at radius 2 is 2.04 bits per heavy atom. The summed E-state index contributed by atoms with van der Waals surface area (Å²) in [6.07, 6.45) is -1.53. The number of aliphatic hydroxyl groups excluding tert-OH is 1. The van der Waals surface area contributed by atoms with Crippen molar-refractivity contribution >= 4 is 5.91 Å². The van der Waals surface area contributed by atoms with Crippen LogP contribution < -0.4 is 0 Å². The second-order valence-electron chi connectivity index (χ2n) is 6.43. The van der Waals surface area contributed by atoms with Gasteiger partial charge in [0.25, 0.3) is 0 Å². The quantitative estimate of drug-likeness (QED) is 0.904. The van der Waals surface area contributed by atoms with Gasteiger partial charge >= 0.3 is 0 Å². The van der Waals surface area contributed by atoms with Crippen LogP contribution in [0.15, 0.2) is 30.3 Å². The maximum atomic E-state index is 12.0. The van der Waals surface area contributed by atoms with Gasteiger partial charge in [-0.05, 0) is 19.4 Å². The molecule has 6 nitrogen and oxygen atoms in total. The number of amides is 1. The van der Waals surface area contributed by atoms with E-state index in [1.54, 1.807) is 4.90 Å². The highest BCUT2D eigenvalue weighted by Crippen LogP contribution is 2.41. The van der Waals surface area contributed by atoms with Crippen molar-refractivity contribution in [3.63, 3.8) is 0 Å². The second-order valence-corrected chi connectivity index (χ2v) is 6.43. The largest absolute Gasteiger partial charge is 0.394 e. The van der Waals surface area contributed by atoms with Crippen LogP contribution in [0, 0.1) is 0 Å². The molecule has 6 heteroatoms. The highest BCUT2D eigenvalue weighted by Gasteiger charge is 2.59. The Balaban J connectivity index is 1.76. The molecular formula is C17H23NO5. The molecule has 1 aromatic carbocycles. The van der Waals surface area contributed by atoms with Gasteiger partial charge in [0.2, 0.25) is 5.91 Å². The van der Waals surface area contributed by atoms with Gasteiger partial charge in [0, 0.05) is 6.92 Å². The van der Waals surface area contributed by atoms with Crippen molar-refractivity contribution in [1.29, 1.82) is 0 Å². The van der Waals surface area contributed by atoms with Gasteiger partial charge in [-0.2, -0.15) is 0 Å². The third kappa shape index (κ3) is 2.99. The maximum Gasteiger partial charge on any atom is 0.222 e. The normalized spacial score (nSPS) is 32.1. The predicted octanol–water partition coefficient (Wildman–Crippen LogP) is 1.27. The summed E-state index contributed by atoms with van der Waals surface area (Å²) < 4.78 is 17.7. The van der Waals surface area contributed by atoms with E-state index >= 15 is 0 Å². The standard InChI is InChI=1S/C17H23NO5/c1-11(20)18-14-13(9-19)22-16(15(14)23-17(18,2)3)21-10-12-7-5-4-6-8-12/h4-8,13-16,19H,9-10H2,1-3H3/t13-,14?,15-,16+/m1/s1. The van der Waals surface area contributed by atoms with Crippen LogP contribution in [0.2, 0.25) is 0 Å². The lowest BCUT2D eigenvalue weighted by atomic mass is 10.1. The molecule has 126 valence electrons. The molecule has 1 N–H and O–H groups in total. The molecule has 0 aliphatic carbocycles. The number of hydrogen-bond acceptors (Lipinski definition) is 5. The van der Waals surface area contributed by atoms with Crippen molar-refractivity contribution in [2.45, 2.75) is 57.6 Å². The van der Waals surface area contributed by atoms with Gasteiger partial charge < -0.3 is 24.2 Å². The van der Waals surface area contributed by atoms with Gasteiger partial charge in [-0.15, -0.1) is 0 Å². The van der Waals surface area contributed by atoms with E-state index in [1.165, 1.54) is 6.92 Å². The number of carbonyl (C=O) groups is 1. The Bertz CT molecular complexity index is 561. The van der Waals surface area contributed by atoms with Crippen molar-refractivity contribution < 1.29 is 24.1 Å². The highest BCUT2D eigenvalue weighted by atomic mass is 16.7. The molecule has 0 spiro atoms. The second kappa shape index (κ2) is 6.20. The first-order valence-electron chi connectivity index (χ1n) is 7.83. The topological polar surface area (TPSA) is 68.2 Å². The molecule has 0 saturated carbocycles. The Hall–Kier alpha value is -1.47. The summed E-state index contributed by atoms with van der Waals surface area (Å²) >= 11 is 0. The van der Waals surface area contributed by atoms with Crippen LogP contribution in [0.3, 0.4) is 0 Å². The molecule has 23 heavy (non-hydrogen) atoms. The minimum absolute atomic E-state index is 0.103. The van der Waals surface area contributed by atoms with Gasteiger partial charge in [-0.1, -0.05) is 30.3 Å². The first-order chi connectivity index (χ1) is 10.9. The lowest BCUT2D eigenvalue weighted by Crippen LogP contribution is -2.51. The van der Waals surface area contributed by atoms with E-state index in [1.807, 2.05) is 44.2 Å². The van der Waals surface area contributed by atoms with Crippen LogP contribution in [0.25, 0.3) is 0 Å². The molecule has 0 aromatic heterocycles. The van der Waals surface area contributed by atoms with Crippen molar-refractivity contribution in [2.24, 2.45) is 0 Å². The third-order valence-electron chi connectivity index (χ3n) is 4.37. The van der Waals surface area contributed by atoms with Crippen LogP contribution in [0.4, 0.5) is 0 Å². The fraction of sp³-hybridized carbons (Fsp3) is 0.588. The van der Waals surface area contributed by atoms with Crippen LogP contribution in [-0.2, 0) is 25.6 Å². The Kier molecular flexibility index (Phi) is 4.42. The summed E-state index contributed by atoms with van der Waals surface area (Å²) in [7, 11) is 0. The minimum atomic E-state index is -0.743. The predicted molar refractivity (Wildman–Crippen MR) is 82.2 cm³/mol. The molecule has 1 aromatic rings. The number of rotatable bonds is 4. The maximum absolute atomic E-state index is 12.0. The summed E-state index contributed by atoms with van der Waals surface area (Å²) in [6, 6.07) is 9.43. The first-order valence-corrected chi connectivity index (χ1v) is 7.83. The SMILES string of the molecule is CC(=O)N1C2[C@@H](OC1(C)C)[C@@H](OCc1ccccc1)O[C@@H]2CO. The van der Waals surface area contributed by atoms with Gasteiger partial charge in [0.05, 0.1) is 19.3 Å². The Morgan fingerprint density at radius 3 is 2.65 bits per heavy atom. The third-order valence-corrected chi connectivity index (χ3v) is 4.37. The number of nitrogens with zero attached hydrogens (tertiary/aromatic N) is 1. The fourth-order valence-corrected chi connectivity index (χ4v) is 3.52. The zero-order chi connectivity index (χ0) is 16.6. The molecule has 2 aliphatic rings. The van der Waals surface area contributed by atoms with Gasteiger partial charge in [0.15, 0.2) is 6.29 Å². The molecule has 0 radical (unpaired) electrons. The van der Waals surface area contributed by atoms with Gasteiger partial charge in [-0.3, -0.25) is 4.79 Å². The number of ether oxygens (including phenoxy) is 3. The van der Waals surface area contributed by atoms with Crippen molar-refractivity contribution in [3.8, 4) is 0 Å². The lowest BCUT2D eigenvalue weighted by molar-refractivity contribution is -0.215. The Labute approximate surface area is 135 Å². The van der Waals surface area contributed by atoms with Crippen molar-refractivity contribution in [3.05, 3.63) is 35.9 Å². The summed E-state index contributed by atoms with van der Waals surface area (Å²) in [5.41, 5.74) is 0.285. The molecule has 1 amide bonds. The number of aliphatic hydroxyl groups is 1. The molecule has 0 bridgehead atoms. The van der Waals surface area contributed by atoms with Crippen molar-refractivity contribution in [2.75, 3.05) is 6.61 Å². The molecule has 2 aliphatic heterocycles. The average Bonchev–Trinajstić information content (AvgIpc) is 2.97. The average molecular weight is 321 g/mol. The monoisotopic (exact) mass is 321 g/mol. The molecule has 4 atom stereocenters. The Morgan fingerprint density at radius 1 is 1.35 bits per heavy atom. The summed E-state index contributed by atoms with van der Waals surface area (Å²) in [4.78, 5) is 13.7. The number of fused-ring (bicyclic) bond motifs is 1. The molecule has 1 unspecified atom stereocenters. The van der Waals surface area contributed by atoms with Crippen LogP contribution in [-0.4, -0.2) is 52.8 Å². The molecule has 2 fully saturated rings. The smallest absolute Gasteiger partial charge is 0.222 e. The summed E-state index contributed by atoms with van der Waals surface area (Å²) in [6.45, 7) is 5.39. The minimum Gasteiger partial charge on any atom is -0.394 e. The number of hydrogen-bond donors (Lipinski definition) is 1. The summed E-state index contributed by atoms with van der Waals surface area (Å²) in [5, 5.41) is 9.61. The van der Waals surface area contributed by atoms with Crippen molar-refractivity contribution in [1.82, 2.24) is 4.90 Å². The van der Waals surface area contributed by atoms with Gasteiger partial charge in [0.1, 0.15) is 17.9 Å². The molecule has 2 saturated heterocycles. The van der Waals surface area contributed by atoms with Gasteiger partial charge in [-0.25, -0.2) is 0 Å². The highest BCUT2D eigenvalue weighted by molar-refractivity contribution is 5.75. The van der Waals surface area contributed by atoms with E-state index in [9.17, 15) is 9.90 Å². The van der Waals surface area contributed by atoms with E-state index in [4.69, 9.17) is 14.2 Å². The fourth-order valence-electron chi connectivity index (χ4n) is 3.52. The zero-order valence-electron chi connectivity index (χ0n) is 13.6. The number of benzene rings is 1. The van der Waals surface area contributed by atoms with E-state index in [2.05, 4.69) is 0 Å². The van der Waals surface area contributed by atoms with Crippen LogP contribution in [0.1, 0.15) is 26.3 Å². The van der Waals surface area contributed by atoms with Crippen LogP contribution in [0.5, 0.6) is 0 Å². The molecule has 3 rings (SSSR count). The van der Waals surface area contributed by atoms with Crippen LogP contribution >= 0.6 is 0 Å². The van der Waals surface area contributed by atoms with E-state index < -0.39 is 24.2 Å². The number of carbonyl (C=O) groups excluding carboxylic acids is 1. The van der Waals surface area contributed by atoms with E-state index in [0.29, 0.717) is 6.61 Å². The molecular weight excluding hydrogens is 298 g/mol.